The Kier molecular flexibility index (Phi) is 6.58. The number of hydrogen-bond donors (Lipinski definition) is 1. The standard InChI is InChI=1S/C17H17Cl2N3O2/c1-22(7-4-12-2-5-20-6-3-12)17(24)11-16(23)21-15-9-13(18)8-14(19)10-15/h2-3,5-6,8-10H,4,7,11H2,1H3,(H,21,23). The van der Waals surface area contributed by atoms with E-state index in [-0.39, 0.29) is 12.3 Å². The van der Waals surface area contributed by atoms with Gasteiger partial charge in [-0.1, -0.05) is 23.2 Å². The molecule has 2 rings (SSSR count). The molecule has 1 N–H and O–H groups in total. The van der Waals surface area contributed by atoms with E-state index in [1.54, 1.807) is 37.6 Å². The topological polar surface area (TPSA) is 62.3 Å². The molecule has 0 fully saturated rings. The fourth-order valence-corrected chi connectivity index (χ4v) is 2.60. The predicted octanol–water partition coefficient (Wildman–Crippen LogP) is 3.42. The highest BCUT2D eigenvalue weighted by atomic mass is 35.5. The first-order valence-electron chi connectivity index (χ1n) is 7.33. The second kappa shape index (κ2) is 8.66. The van der Waals surface area contributed by atoms with E-state index in [4.69, 9.17) is 23.2 Å². The minimum absolute atomic E-state index is 0.239. The third-order valence-electron chi connectivity index (χ3n) is 3.37. The summed E-state index contributed by atoms with van der Waals surface area (Å²) in [5.41, 5.74) is 1.55. The summed E-state index contributed by atoms with van der Waals surface area (Å²) in [6.45, 7) is 0.527. The maximum Gasteiger partial charge on any atom is 0.233 e. The molecular formula is C17H17Cl2N3O2. The molecule has 2 aromatic rings. The van der Waals surface area contributed by atoms with Crippen LogP contribution in [0.1, 0.15) is 12.0 Å². The highest BCUT2D eigenvalue weighted by Gasteiger charge is 2.14. The van der Waals surface area contributed by atoms with Gasteiger partial charge in [0, 0.05) is 41.7 Å². The van der Waals surface area contributed by atoms with Crippen LogP contribution in [0, 0.1) is 0 Å². The van der Waals surface area contributed by atoms with Gasteiger partial charge in [0.25, 0.3) is 0 Å². The van der Waals surface area contributed by atoms with Crippen LogP contribution in [-0.2, 0) is 16.0 Å². The first kappa shape index (κ1) is 18.2. The molecule has 0 saturated carbocycles. The molecule has 1 aromatic heterocycles. The summed E-state index contributed by atoms with van der Waals surface area (Å²) in [6, 6.07) is 8.50. The Morgan fingerprint density at radius 3 is 2.38 bits per heavy atom. The summed E-state index contributed by atoms with van der Waals surface area (Å²) in [6.07, 6.45) is 3.88. The van der Waals surface area contributed by atoms with Gasteiger partial charge in [-0.15, -0.1) is 0 Å². The Bertz CT molecular complexity index is 703. The second-order valence-electron chi connectivity index (χ2n) is 5.30. The average Bonchev–Trinajstić information content (AvgIpc) is 2.52. The quantitative estimate of drug-likeness (QED) is 0.797. The van der Waals surface area contributed by atoms with Gasteiger partial charge in [-0.05, 0) is 42.3 Å². The summed E-state index contributed by atoms with van der Waals surface area (Å²) in [4.78, 5) is 29.6. The monoisotopic (exact) mass is 365 g/mol. The summed E-state index contributed by atoms with van der Waals surface area (Å²) < 4.78 is 0. The summed E-state index contributed by atoms with van der Waals surface area (Å²) in [7, 11) is 1.67. The normalized spacial score (nSPS) is 10.3. The van der Waals surface area contributed by atoms with E-state index in [1.807, 2.05) is 12.1 Å². The van der Waals surface area contributed by atoms with E-state index in [2.05, 4.69) is 10.3 Å². The van der Waals surface area contributed by atoms with Crippen molar-refractivity contribution in [3.8, 4) is 0 Å². The molecule has 7 heteroatoms. The van der Waals surface area contributed by atoms with Gasteiger partial charge >= 0.3 is 0 Å². The third-order valence-corrected chi connectivity index (χ3v) is 3.81. The van der Waals surface area contributed by atoms with E-state index in [0.29, 0.717) is 28.7 Å². The zero-order valence-corrected chi connectivity index (χ0v) is 14.6. The van der Waals surface area contributed by atoms with Crippen LogP contribution >= 0.6 is 23.2 Å². The molecule has 0 spiro atoms. The van der Waals surface area contributed by atoms with Crippen LogP contribution in [0.4, 0.5) is 5.69 Å². The van der Waals surface area contributed by atoms with E-state index >= 15 is 0 Å². The van der Waals surface area contributed by atoms with Crippen LogP contribution in [0.3, 0.4) is 0 Å². The lowest BCUT2D eigenvalue weighted by atomic mass is 10.2. The number of pyridine rings is 1. The summed E-state index contributed by atoms with van der Waals surface area (Å²) in [5.74, 6) is -0.663. The van der Waals surface area contributed by atoms with Crippen molar-refractivity contribution in [2.24, 2.45) is 0 Å². The van der Waals surface area contributed by atoms with Crippen molar-refractivity contribution in [3.63, 3.8) is 0 Å². The molecule has 0 aliphatic heterocycles. The van der Waals surface area contributed by atoms with Gasteiger partial charge in [-0.25, -0.2) is 0 Å². The second-order valence-corrected chi connectivity index (χ2v) is 6.18. The Morgan fingerprint density at radius 2 is 1.75 bits per heavy atom. The zero-order chi connectivity index (χ0) is 17.5. The van der Waals surface area contributed by atoms with E-state index in [9.17, 15) is 9.59 Å². The van der Waals surface area contributed by atoms with Crippen LogP contribution < -0.4 is 5.32 Å². The Labute approximate surface area is 150 Å². The molecular weight excluding hydrogens is 349 g/mol. The van der Waals surface area contributed by atoms with Gasteiger partial charge in [-0.3, -0.25) is 14.6 Å². The van der Waals surface area contributed by atoms with Crippen molar-refractivity contribution >= 4 is 40.7 Å². The molecule has 0 unspecified atom stereocenters. The Hall–Kier alpha value is -2.11. The maximum absolute atomic E-state index is 12.1. The van der Waals surface area contributed by atoms with Crippen LogP contribution in [0.25, 0.3) is 0 Å². The number of rotatable bonds is 6. The van der Waals surface area contributed by atoms with E-state index in [1.165, 1.54) is 4.90 Å². The van der Waals surface area contributed by atoms with Crippen molar-refractivity contribution in [3.05, 3.63) is 58.3 Å². The van der Waals surface area contributed by atoms with Crippen LogP contribution in [-0.4, -0.2) is 35.3 Å². The van der Waals surface area contributed by atoms with E-state index in [0.717, 1.165) is 5.56 Å². The molecule has 0 bridgehead atoms. The van der Waals surface area contributed by atoms with Gasteiger partial charge in [0.2, 0.25) is 11.8 Å². The fourth-order valence-electron chi connectivity index (χ4n) is 2.07. The van der Waals surface area contributed by atoms with Gasteiger partial charge in [0.15, 0.2) is 0 Å². The smallest absolute Gasteiger partial charge is 0.233 e. The molecule has 24 heavy (non-hydrogen) atoms. The molecule has 0 radical (unpaired) electrons. The van der Waals surface area contributed by atoms with Crippen molar-refractivity contribution in [2.45, 2.75) is 12.8 Å². The molecule has 5 nitrogen and oxygen atoms in total. The number of hydrogen-bond acceptors (Lipinski definition) is 3. The largest absolute Gasteiger partial charge is 0.345 e. The van der Waals surface area contributed by atoms with Crippen molar-refractivity contribution in [1.82, 2.24) is 9.88 Å². The molecule has 0 aliphatic rings. The number of benzene rings is 1. The lowest BCUT2D eigenvalue weighted by molar-refractivity contribution is -0.133. The van der Waals surface area contributed by atoms with Crippen LogP contribution in [0.2, 0.25) is 10.0 Å². The van der Waals surface area contributed by atoms with Gasteiger partial charge in [-0.2, -0.15) is 0 Å². The number of nitrogens with one attached hydrogen (secondary N) is 1. The molecule has 126 valence electrons. The highest BCUT2D eigenvalue weighted by Crippen LogP contribution is 2.22. The first-order chi connectivity index (χ1) is 11.4. The number of likely N-dealkylation sites (N-methyl/N-ethyl adjacent to an activating group) is 1. The summed E-state index contributed by atoms with van der Waals surface area (Å²) >= 11 is 11.7. The number of amides is 2. The molecule has 0 saturated heterocycles. The first-order valence-corrected chi connectivity index (χ1v) is 8.08. The minimum atomic E-state index is -0.408. The van der Waals surface area contributed by atoms with Gasteiger partial charge in [0.05, 0.1) is 0 Å². The minimum Gasteiger partial charge on any atom is -0.345 e. The molecule has 0 atom stereocenters. The SMILES string of the molecule is CN(CCc1ccncc1)C(=O)CC(=O)Nc1cc(Cl)cc(Cl)c1. The maximum atomic E-state index is 12.1. The van der Waals surface area contributed by atoms with Gasteiger partial charge in [0.1, 0.15) is 6.42 Å². The number of carbonyl (C=O) groups excluding carboxylic acids is 2. The fraction of sp³-hybridized carbons (Fsp3) is 0.235. The number of halogens is 2. The molecule has 2 amide bonds. The van der Waals surface area contributed by atoms with Crippen molar-refractivity contribution in [1.29, 1.82) is 0 Å². The van der Waals surface area contributed by atoms with Crippen molar-refractivity contribution in [2.75, 3.05) is 18.9 Å². The molecule has 1 aromatic carbocycles. The highest BCUT2D eigenvalue weighted by molar-refractivity contribution is 6.35. The van der Waals surface area contributed by atoms with Gasteiger partial charge < -0.3 is 10.2 Å². The molecule has 1 heterocycles. The Morgan fingerprint density at radius 1 is 1.12 bits per heavy atom. The zero-order valence-electron chi connectivity index (χ0n) is 13.1. The lowest BCUT2D eigenvalue weighted by Gasteiger charge is -2.17. The molecule has 0 aliphatic carbocycles. The Balaban J connectivity index is 1.83. The van der Waals surface area contributed by atoms with Crippen LogP contribution in [0.5, 0.6) is 0 Å². The number of carbonyl (C=O) groups is 2. The number of anilines is 1. The van der Waals surface area contributed by atoms with E-state index < -0.39 is 5.91 Å². The average molecular weight is 366 g/mol. The van der Waals surface area contributed by atoms with Crippen molar-refractivity contribution < 1.29 is 9.59 Å². The number of nitrogens with zero attached hydrogens (tertiary/aromatic N) is 2. The van der Waals surface area contributed by atoms with Crippen LogP contribution in [0.15, 0.2) is 42.7 Å². The third kappa shape index (κ3) is 5.83. The summed E-state index contributed by atoms with van der Waals surface area (Å²) in [5, 5.41) is 3.45. The predicted molar refractivity (Wildman–Crippen MR) is 95.3 cm³/mol. The lowest BCUT2D eigenvalue weighted by Crippen LogP contribution is -2.32. The number of aromatic nitrogens is 1.